The molecular formula is C27H45N. The van der Waals surface area contributed by atoms with Gasteiger partial charge in [0.2, 0.25) is 0 Å². The van der Waals surface area contributed by atoms with E-state index in [1.165, 1.54) is 102 Å². The molecule has 0 saturated heterocycles. The van der Waals surface area contributed by atoms with Gasteiger partial charge in [0.1, 0.15) is 0 Å². The highest BCUT2D eigenvalue weighted by molar-refractivity contribution is 5.26. The van der Waals surface area contributed by atoms with Gasteiger partial charge in [0.05, 0.1) is 11.5 Å². The molecule has 3 aliphatic rings. The smallest absolute Gasteiger partial charge is 0.0782 e. The zero-order chi connectivity index (χ0) is 19.8. The molecule has 0 radical (unpaired) electrons. The second-order valence-electron chi connectivity index (χ2n) is 10.5. The van der Waals surface area contributed by atoms with Crippen LogP contribution in [0.1, 0.15) is 123 Å². The fraction of sp³-hybridized carbons (Fsp3) is 0.889. The molecule has 3 rings (SSSR count). The van der Waals surface area contributed by atoms with Crippen LogP contribution in [0.25, 0.3) is 0 Å². The lowest BCUT2D eigenvalue weighted by Gasteiger charge is -2.42. The standard InChI is InChI=1S/C27H45N/c1-3-5-6-8-23-9-13-24(14-10-23)25-17-19-27(21-28,20-18-25)26-15-11-22(7-4-2)12-16-26/h15,22-25H,3-14,16-20H2,1-2H3. The molecule has 0 amide bonds. The summed E-state index contributed by atoms with van der Waals surface area (Å²) in [4.78, 5) is 0. The van der Waals surface area contributed by atoms with Crippen molar-refractivity contribution in [3.8, 4) is 6.07 Å². The van der Waals surface area contributed by atoms with Gasteiger partial charge in [-0.1, -0.05) is 76.9 Å². The Bertz CT molecular complexity index is 523. The molecule has 2 saturated carbocycles. The molecule has 0 aromatic heterocycles. The molecule has 0 aliphatic heterocycles. The van der Waals surface area contributed by atoms with Crippen LogP contribution in [0.3, 0.4) is 0 Å². The quantitative estimate of drug-likeness (QED) is 0.304. The largest absolute Gasteiger partial charge is 0.197 e. The van der Waals surface area contributed by atoms with Crippen molar-refractivity contribution in [1.82, 2.24) is 0 Å². The number of allylic oxidation sites excluding steroid dienone is 2. The van der Waals surface area contributed by atoms with Crippen LogP contribution in [0.15, 0.2) is 11.6 Å². The van der Waals surface area contributed by atoms with Crippen LogP contribution in [-0.4, -0.2) is 0 Å². The minimum Gasteiger partial charge on any atom is -0.197 e. The molecule has 1 nitrogen and oxygen atoms in total. The molecule has 0 heterocycles. The number of nitriles is 1. The first-order chi connectivity index (χ1) is 13.7. The van der Waals surface area contributed by atoms with Crippen molar-refractivity contribution < 1.29 is 0 Å². The average Bonchev–Trinajstić information content (AvgIpc) is 2.75. The Kier molecular flexibility index (Phi) is 8.50. The first kappa shape index (κ1) is 21.9. The number of rotatable bonds is 8. The summed E-state index contributed by atoms with van der Waals surface area (Å²) in [6.07, 6.45) is 25.5. The maximum atomic E-state index is 10.1. The summed E-state index contributed by atoms with van der Waals surface area (Å²) in [5.41, 5.74) is 1.44. The zero-order valence-electron chi connectivity index (χ0n) is 18.9. The lowest BCUT2D eigenvalue weighted by molar-refractivity contribution is 0.130. The van der Waals surface area contributed by atoms with Crippen molar-refractivity contribution >= 4 is 0 Å². The monoisotopic (exact) mass is 383 g/mol. The number of unbranched alkanes of at least 4 members (excludes halogenated alkanes) is 2. The van der Waals surface area contributed by atoms with Crippen LogP contribution in [0.5, 0.6) is 0 Å². The molecule has 0 aromatic rings. The second-order valence-corrected chi connectivity index (χ2v) is 10.5. The van der Waals surface area contributed by atoms with Crippen molar-refractivity contribution in [2.45, 2.75) is 123 Å². The third-order valence-corrected chi connectivity index (χ3v) is 8.70. The number of hydrogen-bond donors (Lipinski definition) is 0. The van der Waals surface area contributed by atoms with Gasteiger partial charge in [0.15, 0.2) is 0 Å². The summed E-state index contributed by atoms with van der Waals surface area (Å²) >= 11 is 0. The van der Waals surface area contributed by atoms with Gasteiger partial charge in [-0.15, -0.1) is 0 Å². The molecule has 158 valence electrons. The third-order valence-electron chi connectivity index (χ3n) is 8.70. The van der Waals surface area contributed by atoms with Crippen LogP contribution in [-0.2, 0) is 0 Å². The van der Waals surface area contributed by atoms with Gasteiger partial charge >= 0.3 is 0 Å². The zero-order valence-corrected chi connectivity index (χ0v) is 18.9. The van der Waals surface area contributed by atoms with Crippen LogP contribution >= 0.6 is 0 Å². The van der Waals surface area contributed by atoms with E-state index in [4.69, 9.17) is 0 Å². The number of hydrogen-bond acceptors (Lipinski definition) is 1. The Hall–Kier alpha value is -0.770. The highest BCUT2D eigenvalue weighted by Gasteiger charge is 2.41. The average molecular weight is 384 g/mol. The SMILES string of the molecule is CCCCCC1CCC(C2CCC(C#N)(C3=CCC(CCC)CC3)CC2)CC1. The van der Waals surface area contributed by atoms with E-state index in [2.05, 4.69) is 26.0 Å². The van der Waals surface area contributed by atoms with Gasteiger partial charge in [0.25, 0.3) is 0 Å². The number of nitrogens with zero attached hydrogens (tertiary/aromatic N) is 1. The van der Waals surface area contributed by atoms with E-state index in [1.54, 1.807) is 0 Å². The van der Waals surface area contributed by atoms with Crippen LogP contribution in [0.2, 0.25) is 0 Å². The van der Waals surface area contributed by atoms with E-state index in [9.17, 15) is 5.26 Å². The van der Waals surface area contributed by atoms with Crippen LogP contribution < -0.4 is 0 Å². The molecule has 2 fully saturated rings. The Balaban J connectivity index is 1.46. The van der Waals surface area contributed by atoms with E-state index in [1.807, 2.05) is 0 Å². The Morgan fingerprint density at radius 3 is 2.14 bits per heavy atom. The predicted molar refractivity (Wildman–Crippen MR) is 120 cm³/mol. The third kappa shape index (κ3) is 5.43. The lowest BCUT2D eigenvalue weighted by atomic mass is 9.61. The Labute approximate surface area is 175 Å². The van der Waals surface area contributed by atoms with Gasteiger partial charge in [-0.2, -0.15) is 5.26 Å². The molecule has 1 heteroatoms. The summed E-state index contributed by atoms with van der Waals surface area (Å²) in [6.45, 7) is 4.62. The molecule has 1 unspecified atom stereocenters. The van der Waals surface area contributed by atoms with Gasteiger partial charge < -0.3 is 0 Å². The topological polar surface area (TPSA) is 23.8 Å². The van der Waals surface area contributed by atoms with E-state index < -0.39 is 0 Å². The molecule has 3 aliphatic carbocycles. The molecule has 28 heavy (non-hydrogen) atoms. The van der Waals surface area contributed by atoms with Crippen molar-refractivity contribution in [2.24, 2.45) is 29.1 Å². The van der Waals surface area contributed by atoms with Crippen molar-refractivity contribution in [3.05, 3.63) is 11.6 Å². The van der Waals surface area contributed by atoms with E-state index in [-0.39, 0.29) is 5.41 Å². The fourth-order valence-electron chi connectivity index (χ4n) is 6.73. The first-order valence-corrected chi connectivity index (χ1v) is 12.8. The van der Waals surface area contributed by atoms with Gasteiger partial charge in [0, 0.05) is 0 Å². The predicted octanol–water partition coefficient (Wildman–Crippen LogP) is 8.60. The summed E-state index contributed by atoms with van der Waals surface area (Å²) in [6, 6.07) is 2.82. The maximum absolute atomic E-state index is 10.1. The van der Waals surface area contributed by atoms with Crippen molar-refractivity contribution in [2.75, 3.05) is 0 Å². The maximum Gasteiger partial charge on any atom is 0.0782 e. The molecule has 0 aromatic carbocycles. The van der Waals surface area contributed by atoms with E-state index in [0.717, 1.165) is 36.5 Å². The van der Waals surface area contributed by atoms with Gasteiger partial charge in [-0.05, 0) is 81.5 Å². The highest BCUT2D eigenvalue weighted by atomic mass is 14.5. The van der Waals surface area contributed by atoms with E-state index in [0.29, 0.717) is 0 Å². The molecule has 0 spiro atoms. The Morgan fingerprint density at radius 2 is 1.57 bits per heavy atom. The first-order valence-electron chi connectivity index (χ1n) is 12.8. The molecule has 0 bridgehead atoms. The molecule has 0 N–H and O–H groups in total. The lowest BCUT2D eigenvalue weighted by Crippen LogP contribution is -2.33. The van der Waals surface area contributed by atoms with Crippen LogP contribution in [0, 0.1) is 40.4 Å². The molecule has 1 atom stereocenters. The van der Waals surface area contributed by atoms with Crippen molar-refractivity contribution in [3.63, 3.8) is 0 Å². The summed E-state index contributed by atoms with van der Waals surface area (Å²) in [5.74, 6) is 3.78. The minimum absolute atomic E-state index is 0.0922. The van der Waals surface area contributed by atoms with Crippen LogP contribution in [0.4, 0.5) is 0 Å². The minimum atomic E-state index is -0.0922. The van der Waals surface area contributed by atoms with E-state index >= 15 is 0 Å². The Morgan fingerprint density at radius 1 is 0.857 bits per heavy atom. The summed E-state index contributed by atoms with van der Waals surface area (Å²) in [7, 11) is 0. The molecular weight excluding hydrogens is 338 g/mol. The van der Waals surface area contributed by atoms with Gasteiger partial charge in [-0.25, -0.2) is 0 Å². The fourth-order valence-corrected chi connectivity index (χ4v) is 6.73. The summed E-state index contributed by atoms with van der Waals surface area (Å²) in [5, 5.41) is 10.1. The van der Waals surface area contributed by atoms with Crippen molar-refractivity contribution in [1.29, 1.82) is 5.26 Å². The highest BCUT2D eigenvalue weighted by Crippen LogP contribution is 2.51. The van der Waals surface area contributed by atoms with Gasteiger partial charge in [-0.3, -0.25) is 0 Å². The summed E-state index contributed by atoms with van der Waals surface area (Å²) < 4.78 is 0. The normalized spacial score (nSPS) is 36.5. The second kappa shape index (κ2) is 10.8.